The van der Waals surface area contributed by atoms with E-state index in [2.05, 4.69) is 32.0 Å². The summed E-state index contributed by atoms with van der Waals surface area (Å²) in [5.74, 6) is 1.41. The highest BCUT2D eigenvalue weighted by molar-refractivity contribution is 5.38. The van der Waals surface area contributed by atoms with Gasteiger partial charge in [0.1, 0.15) is 5.75 Å². The van der Waals surface area contributed by atoms with Crippen molar-refractivity contribution in [3.05, 3.63) is 29.8 Å². The highest BCUT2D eigenvalue weighted by atomic mass is 16.5. The molecule has 1 aromatic rings. The summed E-state index contributed by atoms with van der Waals surface area (Å²) in [6.45, 7) is 4.30. The van der Waals surface area contributed by atoms with Crippen LogP contribution < -0.4 is 4.74 Å². The van der Waals surface area contributed by atoms with Gasteiger partial charge in [0.2, 0.25) is 0 Å². The van der Waals surface area contributed by atoms with Crippen LogP contribution in [0.1, 0.15) is 25.3 Å². The zero-order chi connectivity index (χ0) is 11.1. The maximum absolute atomic E-state index is 9.00. The minimum Gasteiger partial charge on any atom is -0.497 e. The summed E-state index contributed by atoms with van der Waals surface area (Å²) in [5, 5.41) is 9.00. The number of nitriles is 1. The third-order valence-electron chi connectivity index (χ3n) is 3.44. The molecule has 0 N–H and O–H groups in total. The van der Waals surface area contributed by atoms with E-state index in [1.807, 2.05) is 12.1 Å². The lowest BCUT2D eigenvalue weighted by Crippen LogP contribution is -1.90. The van der Waals surface area contributed by atoms with Gasteiger partial charge < -0.3 is 4.74 Å². The monoisotopic (exact) mass is 201 g/mol. The normalized spacial score (nSPS) is 26.8. The summed E-state index contributed by atoms with van der Waals surface area (Å²) in [6.07, 6.45) is 0. The molecule has 0 heterocycles. The van der Waals surface area contributed by atoms with E-state index < -0.39 is 0 Å². The largest absolute Gasteiger partial charge is 0.497 e. The number of methoxy groups -OCH3 is 1. The van der Waals surface area contributed by atoms with Gasteiger partial charge in [0.05, 0.1) is 19.1 Å². The molecule has 1 fully saturated rings. The molecule has 0 bridgehead atoms. The molecular formula is C13H15NO. The molecule has 0 aromatic heterocycles. The van der Waals surface area contributed by atoms with E-state index in [-0.39, 0.29) is 11.3 Å². The van der Waals surface area contributed by atoms with Gasteiger partial charge in [-0.3, -0.25) is 0 Å². The molecule has 1 saturated carbocycles. The average molecular weight is 201 g/mol. The van der Waals surface area contributed by atoms with E-state index in [1.165, 1.54) is 5.56 Å². The number of nitrogens with zero attached hydrogens (tertiary/aromatic N) is 1. The van der Waals surface area contributed by atoms with Gasteiger partial charge in [0, 0.05) is 5.92 Å². The number of rotatable bonds is 2. The summed E-state index contributed by atoms with van der Waals surface area (Å²) in [6, 6.07) is 10.4. The molecule has 78 valence electrons. The van der Waals surface area contributed by atoms with Crippen LogP contribution in [0.25, 0.3) is 0 Å². The lowest BCUT2D eigenvalue weighted by atomic mass is 10.0. The average Bonchev–Trinajstić information content (AvgIpc) is 2.80. The third kappa shape index (κ3) is 1.48. The van der Waals surface area contributed by atoms with E-state index in [9.17, 15) is 0 Å². The molecule has 1 aliphatic rings. The van der Waals surface area contributed by atoms with Gasteiger partial charge in [0.15, 0.2) is 0 Å². The Morgan fingerprint density at radius 3 is 2.27 bits per heavy atom. The van der Waals surface area contributed by atoms with Gasteiger partial charge >= 0.3 is 0 Å². The van der Waals surface area contributed by atoms with Crippen LogP contribution in [0.4, 0.5) is 0 Å². The summed E-state index contributed by atoms with van der Waals surface area (Å²) in [7, 11) is 1.66. The van der Waals surface area contributed by atoms with E-state index in [0.29, 0.717) is 5.92 Å². The van der Waals surface area contributed by atoms with Gasteiger partial charge in [-0.15, -0.1) is 0 Å². The molecule has 0 saturated heterocycles. The molecule has 2 atom stereocenters. The number of hydrogen-bond acceptors (Lipinski definition) is 2. The fourth-order valence-electron chi connectivity index (χ4n) is 2.31. The first-order chi connectivity index (χ1) is 7.11. The van der Waals surface area contributed by atoms with Crippen molar-refractivity contribution in [3.63, 3.8) is 0 Å². The van der Waals surface area contributed by atoms with Crippen LogP contribution in [-0.2, 0) is 0 Å². The van der Waals surface area contributed by atoms with Crippen LogP contribution in [0.3, 0.4) is 0 Å². The van der Waals surface area contributed by atoms with Crippen LogP contribution in [0.15, 0.2) is 24.3 Å². The van der Waals surface area contributed by atoms with E-state index >= 15 is 0 Å². The zero-order valence-electron chi connectivity index (χ0n) is 9.32. The van der Waals surface area contributed by atoms with Crippen molar-refractivity contribution in [3.8, 4) is 11.8 Å². The molecule has 0 radical (unpaired) electrons. The molecular weight excluding hydrogens is 186 g/mol. The Morgan fingerprint density at radius 2 is 1.87 bits per heavy atom. The number of hydrogen-bond donors (Lipinski definition) is 0. The van der Waals surface area contributed by atoms with Gasteiger partial charge in [-0.1, -0.05) is 26.0 Å². The van der Waals surface area contributed by atoms with Gasteiger partial charge in [0.25, 0.3) is 0 Å². The third-order valence-corrected chi connectivity index (χ3v) is 3.44. The molecule has 2 rings (SSSR count). The second-order valence-electron chi connectivity index (χ2n) is 4.68. The Labute approximate surface area is 90.5 Å². The molecule has 15 heavy (non-hydrogen) atoms. The van der Waals surface area contributed by atoms with E-state index in [4.69, 9.17) is 10.00 Å². The summed E-state index contributed by atoms with van der Waals surface area (Å²) >= 11 is 0. The minimum absolute atomic E-state index is 0.128. The smallest absolute Gasteiger partial charge is 0.118 e. The lowest BCUT2D eigenvalue weighted by molar-refractivity contribution is 0.414. The Kier molecular flexibility index (Phi) is 2.19. The van der Waals surface area contributed by atoms with Crippen molar-refractivity contribution < 1.29 is 4.74 Å². The minimum atomic E-state index is 0.128. The first kappa shape index (κ1) is 10.0. The van der Waals surface area contributed by atoms with Crippen molar-refractivity contribution in [1.82, 2.24) is 0 Å². The van der Waals surface area contributed by atoms with Crippen molar-refractivity contribution >= 4 is 0 Å². The quantitative estimate of drug-likeness (QED) is 0.737. The van der Waals surface area contributed by atoms with Crippen molar-refractivity contribution in [2.75, 3.05) is 7.11 Å². The van der Waals surface area contributed by atoms with Gasteiger partial charge in [-0.2, -0.15) is 5.26 Å². The molecule has 0 spiro atoms. The summed E-state index contributed by atoms with van der Waals surface area (Å²) in [4.78, 5) is 0. The predicted molar refractivity (Wildman–Crippen MR) is 58.6 cm³/mol. The van der Waals surface area contributed by atoms with Crippen molar-refractivity contribution in [1.29, 1.82) is 5.26 Å². The van der Waals surface area contributed by atoms with Crippen LogP contribution in [0.2, 0.25) is 0 Å². The highest BCUT2D eigenvalue weighted by Gasteiger charge is 2.58. The molecule has 0 aliphatic heterocycles. The SMILES string of the molecule is COc1ccc([C@H]2[C@H](C#N)C2(C)C)cc1. The zero-order valence-corrected chi connectivity index (χ0v) is 9.32. The van der Waals surface area contributed by atoms with Crippen LogP contribution in [0, 0.1) is 22.7 Å². The first-order valence-corrected chi connectivity index (χ1v) is 5.15. The first-order valence-electron chi connectivity index (χ1n) is 5.15. The second kappa shape index (κ2) is 3.27. The Bertz CT molecular complexity index is 400. The maximum Gasteiger partial charge on any atom is 0.118 e. The van der Waals surface area contributed by atoms with Crippen LogP contribution >= 0.6 is 0 Å². The Hall–Kier alpha value is -1.49. The molecule has 2 nitrogen and oxygen atoms in total. The molecule has 0 amide bonds. The molecule has 1 aromatic carbocycles. The second-order valence-corrected chi connectivity index (χ2v) is 4.68. The Balaban J connectivity index is 2.23. The van der Waals surface area contributed by atoms with Crippen LogP contribution in [0.5, 0.6) is 5.75 Å². The molecule has 2 heteroatoms. The number of benzene rings is 1. The van der Waals surface area contributed by atoms with Gasteiger partial charge in [-0.05, 0) is 23.1 Å². The molecule has 0 unspecified atom stereocenters. The standard InChI is InChI=1S/C13H15NO/c1-13(2)11(8-14)12(13)9-4-6-10(15-3)7-5-9/h4-7,11-12H,1-3H3/t11-,12-/m0/s1. The van der Waals surface area contributed by atoms with E-state index in [1.54, 1.807) is 7.11 Å². The predicted octanol–water partition coefficient (Wildman–Crippen LogP) is 2.96. The maximum atomic E-state index is 9.00. The van der Waals surface area contributed by atoms with Crippen LogP contribution in [-0.4, -0.2) is 7.11 Å². The topological polar surface area (TPSA) is 33.0 Å². The Morgan fingerprint density at radius 1 is 1.27 bits per heavy atom. The van der Waals surface area contributed by atoms with E-state index in [0.717, 1.165) is 5.75 Å². The molecule has 1 aliphatic carbocycles. The fraction of sp³-hybridized carbons (Fsp3) is 0.462. The van der Waals surface area contributed by atoms with Crippen molar-refractivity contribution in [2.45, 2.75) is 19.8 Å². The fourth-order valence-corrected chi connectivity index (χ4v) is 2.31. The van der Waals surface area contributed by atoms with Crippen molar-refractivity contribution in [2.24, 2.45) is 11.3 Å². The lowest BCUT2D eigenvalue weighted by Gasteiger charge is -2.04. The number of ether oxygens (including phenoxy) is 1. The summed E-state index contributed by atoms with van der Waals surface area (Å²) < 4.78 is 5.11. The highest BCUT2D eigenvalue weighted by Crippen LogP contribution is 2.63. The van der Waals surface area contributed by atoms with Gasteiger partial charge in [-0.25, -0.2) is 0 Å². The summed E-state index contributed by atoms with van der Waals surface area (Å²) in [5.41, 5.74) is 1.37.